The summed E-state index contributed by atoms with van der Waals surface area (Å²) < 4.78 is 2.15. The molecule has 3 rings (SSSR count). The van der Waals surface area contributed by atoms with Crippen LogP contribution in [0.25, 0.3) is 4.96 Å². The monoisotopic (exact) mass is 305 g/mol. The Labute approximate surface area is 131 Å². The van der Waals surface area contributed by atoms with Crippen molar-refractivity contribution < 1.29 is 0 Å². The molecule has 2 aromatic rings. The van der Waals surface area contributed by atoms with Gasteiger partial charge in [-0.05, 0) is 31.7 Å². The van der Waals surface area contributed by atoms with E-state index in [9.17, 15) is 0 Å². The predicted octanol–water partition coefficient (Wildman–Crippen LogP) is 4.28. The zero-order chi connectivity index (χ0) is 14.5. The summed E-state index contributed by atoms with van der Waals surface area (Å²) in [5.41, 5.74) is 1.24. The van der Waals surface area contributed by atoms with Gasteiger partial charge in [0.15, 0.2) is 4.96 Å². The summed E-state index contributed by atoms with van der Waals surface area (Å²) >= 11 is 1.72. The summed E-state index contributed by atoms with van der Waals surface area (Å²) in [4.78, 5) is 5.86. The number of fused-ring (bicyclic) bond motifs is 1. The number of nitrogens with zero attached hydrogens (tertiary/aromatic N) is 2. The number of nitrogens with one attached hydrogen (secondary N) is 1. The Kier molecular flexibility index (Phi) is 5.31. The summed E-state index contributed by atoms with van der Waals surface area (Å²) in [7, 11) is 0. The summed E-state index contributed by atoms with van der Waals surface area (Å²) in [5.74, 6) is 0.987. The first kappa shape index (κ1) is 15.0. The van der Waals surface area contributed by atoms with Gasteiger partial charge in [0.25, 0.3) is 0 Å². The molecule has 0 saturated heterocycles. The highest BCUT2D eigenvalue weighted by molar-refractivity contribution is 7.15. The Morgan fingerprint density at radius 3 is 3.05 bits per heavy atom. The molecular weight excluding hydrogens is 278 g/mol. The van der Waals surface area contributed by atoms with E-state index in [1.54, 1.807) is 11.3 Å². The van der Waals surface area contributed by atoms with E-state index in [2.05, 4.69) is 34.4 Å². The number of thiazole rings is 1. The van der Waals surface area contributed by atoms with Gasteiger partial charge >= 0.3 is 0 Å². The van der Waals surface area contributed by atoms with Crippen LogP contribution in [0.2, 0.25) is 0 Å². The third kappa shape index (κ3) is 4.07. The van der Waals surface area contributed by atoms with E-state index in [1.807, 2.05) is 0 Å². The van der Waals surface area contributed by atoms with Crippen LogP contribution >= 0.6 is 11.3 Å². The van der Waals surface area contributed by atoms with E-state index in [0.717, 1.165) is 23.8 Å². The predicted molar refractivity (Wildman–Crippen MR) is 90.0 cm³/mol. The van der Waals surface area contributed by atoms with Crippen LogP contribution in [-0.2, 0) is 6.42 Å². The normalized spacial score (nSPS) is 17.8. The standard InChI is InChI=1S/C17H27N3S/c1-2-9-18-15(8-7-14-5-3-4-6-14)12-16-13-20-10-11-21-17(20)19-16/h10-11,13-15,18H,2-9,12H2,1H3. The van der Waals surface area contributed by atoms with Crippen molar-refractivity contribution in [2.75, 3.05) is 6.54 Å². The van der Waals surface area contributed by atoms with Gasteiger partial charge in [-0.1, -0.05) is 32.6 Å². The first-order chi connectivity index (χ1) is 10.3. The van der Waals surface area contributed by atoms with Gasteiger partial charge in [0.1, 0.15) is 0 Å². The largest absolute Gasteiger partial charge is 0.314 e. The minimum Gasteiger partial charge on any atom is -0.314 e. The smallest absolute Gasteiger partial charge is 0.193 e. The van der Waals surface area contributed by atoms with Gasteiger partial charge in [0, 0.05) is 30.2 Å². The zero-order valence-electron chi connectivity index (χ0n) is 13.1. The van der Waals surface area contributed by atoms with Gasteiger partial charge < -0.3 is 5.32 Å². The van der Waals surface area contributed by atoms with E-state index in [4.69, 9.17) is 4.98 Å². The highest BCUT2D eigenvalue weighted by atomic mass is 32.1. The lowest BCUT2D eigenvalue weighted by Crippen LogP contribution is -2.32. The van der Waals surface area contributed by atoms with Crippen LogP contribution in [0.1, 0.15) is 57.6 Å². The van der Waals surface area contributed by atoms with Crippen LogP contribution in [0.3, 0.4) is 0 Å². The molecule has 0 aromatic carbocycles. The third-order valence-corrected chi connectivity index (χ3v) is 5.45. The number of rotatable bonds is 8. The second-order valence-electron chi connectivity index (χ2n) is 6.41. The molecule has 0 spiro atoms. The number of hydrogen-bond donors (Lipinski definition) is 1. The van der Waals surface area contributed by atoms with Crippen molar-refractivity contribution >= 4 is 16.3 Å². The average molecular weight is 305 g/mol. The molecule has 3 nitrogen and oxygen atoms in total. The van der Waals surface area contributed by atoms with Crippen molar-refractivity contribution in [2.45, 2.75) is 64.3 Å². The van der Waals surface area contributed by atoms with Crippen molar-refractivity contribution in [2.24, 2.45) is 5.92 Å². The highest BCUT2D eigenvalue weighted by Crippen LogP contribution is 2.29. The Balaban J connectivity index is 1.56. The average Bonchev–Trinajstić information content (AvgIpc) is 3.18. The molecule has 21 heavy (non-hydrogen) atoms. The molecule has 4 heteroatoms. The van der Waals surface area contributed by atoms with Gasteiger partial charge in [-0.3, -0.25) is 4.40 Å². The van der Waals surface area contributed by atoms with Crippen LogP contribution in [0.15, 0.2) is 17.8 Å². The number of imidazole rings is 1. The molecule has 1 aliphatic carbocycles. The molecule has 1 saturated carbocycles. The summed E-state index contributed by atoms with van der Waals surface area (Å²) in [6.07, 6.45) is 15.1. The molecule has 1 aliphatic rings. The fourth-order valence-corrected chi connectivity index (χ4v) is 4.21. The van der Waals surface area contributed by atoms with Crippen molar-refractivity contribution in [1.82, 2.24) is 14.7 Å². The van der Waals surface area contributed by atoms with Crippen LogP contribution in [-0.4, -0.2) is 22.0 Å². The van der Waals surface area contributed by atoms with Crippen LogP contribution in [0.4, 0.5) is 0 Å². The van der Waals surface area contributed by atoms with E-state index >= 15 is 0 Å². The molecule has 1 fully saturated rings. The Bertz CT molecular complexity index is 510. The van der Waals surface area contributed by atoms with Gasteiger partial charge in [0.05, 0.1) is 5.69 Å². The topological polar surface area (TPSA) is 29.3 Å². The van der Waals surface area contributed by atoms with Crippen molar-refractivity contribution in [1.29, 1.82) is 0 Å². The minimum absolute atomic E-state index is 0.593. The molecule has 0 radical (unpaired) electrons. The highest BCUT2D eigenvalue weighted by Gasteiger charge is 2.18. The second kappa shape index (κ2) is 7.41. The Morgan fingerprint density at radius 2 is 2.29 bits per heavy atom. The summed E-state index contributed by atoms with van der Waals surface area (Å²) in [6.45, 7) is 3.37. The Hall–Kier alpha value is -0.870. The molecule has 0 bridgehead atoms. The summed E-state index contributed by atoms with van der Waals surface area (Å²) in [6, 6.07) is 0.593. The molecular formula is C17H27N3S. The molecule has 116 valence electrons. The van der Waals surface area contributed by atoms with Gasteiger partial charge in [-0.25, -0.2) is 4.98 Å². The fourth-order valence-electron chi connectivity index (χ4n) is 3.49. The van der Waals surface area contributed by atoms with E-state index < -0.39 is 0 Å². The minimum atomic E-state index is 0.593. The van der Waals surface area contributed by atoms with Gasteiger partial charge in [0.2, 0.25) is 0 Å². The molecule has 2 heterocycles. The molecule has 0 aliphatic heterocycles. The lowest BCUT2D eigenvalue weighted by atomic mass is 9.96. The van der Waals surface area contributed by atoms with Crippen LogP contribution in [0.5, 0.6) is 0 Å². The van der Waals surface area contributed by atoms with E-state index in [-0.39, 0.29) is 0 Å². The Morgan fingerprint density at radius 1 is 1.43 bits per heavy atom. The zero-order valence-corrected chi connectivity index (χ0v) is 13.9. The SMILES string of the molecule is CCCNC(CCC1CCCC1)Cc1cn2ccsc2n1. The maximum Gasteiger partial charge on any atom is 0.193 e. The van der Waals surface area contributed by atoms with E-state index in [0.29, 0.717) is 6.04 Å². The third-order valence-electron chi connectivity index (χ3n) is 4.68. The van der Waals surface area contributed by atoms with Crippen LogP contribution in [0, 0.1) is 5.92 Å². The second-order valence-corrected chi connectivity index (χ2v) is 7.28. The maximum absolute atomic E-state index is 4.74. The molecule has 1 unspecified atom stereocenters. The molecule has 2 aromatic heterocycles. The van der Waals surface area contributed by atoms with Crippen molar-refractivity contribution in [3.05, 3.63) is 23.5 Å². The lowest BCUT2D eigenvalue weighted by molar-refractivity contribution is 0.401. The van der Waals surface area contributed by atoms with Crippen LogP contribution < -0.4 is 5.32 Å². The first-order valence-electron chi connectivity index (χ1n) is 8.49. The fraction of sp³-hybridized carbons (Fsp3) is 0.706. The van der Waals surface area contributed by atoms with Gasteiger partial charge in [-0.15, -0.1) is 11.3 Å². The van der Waals surface area contributed by atoms with E-state index in [1.165, 1.54) is 50.6 Å². The molecule has 1 atom stereocenters. The summed E-state index contributed by atoms with van der Waals surface area (Å²) in [5, 5.41) is 5.83. The number of hydrogen-bond acceptors (Lipinski definition) is 3. The quantitative estimate of drug-likeness (QED) is 0.789. The number of aromatic nitrogens is 2. The maximum atomic E-state index is 4.74. The van der Waals surface area contributed by atoms with Crippen molar-refractivity contribution in [3.8, 4) is 0 Å². The molecule has 1 N–H and O–H groups in total. The first-order valence-corrected chi connectivity index (χ1v) is 9.37. The van der Waals surface area contributed by atoms with Gasteiger partial charge in [-0.2, -0.15) is 0 Å². The van der Waals surface area contributed by atoms with Crippen molar-refractivity contribution in [3.63, 3.8) is 0 Å². The lowest BCUT2D eigenvalue weighted by Gasteiger charge is -2.19. The molecule has 0 amide bonds.